The van der Waals surface area contributed by atoms with E-state index in [4.69, 9.17) is 11.6 Å². The van der Waals surface area contributed by atoms with Gasteiger partial charge in [0.1, 0.15) is 0 Å². The summed E-state index contributed by atoms with van der Waals surface area (Å²) in [4.78, 5) is 0. The maximum Gasteiger partial charge on any atom is 0.0648 e. The Labute approximate surface area is 129 Å². The molecule has 3 aromatic rings. The molecule has 0 unspecified atom stereocenters. The third-order valence-electron chi connectivity index (χ3n) is 3.34. The van der Waals surface area contributed by atoms with Crippen LogP contribution in [0.5, 0.6) is 0 Å². The van der Waals surface area contributed by atoms with Crippen molar-refractivity contribution in [1.82, 2.24) is 0 Å². The second-order valence-corrected chi connectivity index (χ2v) is 5.32. The van der Waals surface area contributed by atoms with Crippen molar-refractivity contribution in [3.05, 3.63) is 77.3 Å². The highest BCUT2D eigenvalue weighted by atomic mass is 35.5. The van der Waals surface area contributed by atoms with Crippen molar-refractivity contribution in [2.24, 2.45) is 5.10 Å². The molecule has 3 heteroatoms. The zero-order valence-corrected chi connectivity index (χ0v) is 12.4. The van der Waals surface area contributed by atoms with Crippen molar-refractivity contribution < 1.29 is 0 Å². The van der Waals surface area contributed by atoms with E-state index >= 15 is 0 Å². The molecule has 0 aliphatic carbocycles. The van der Waals surface area contributed by atoms with E-state index in [9.17, 15) is 0 Å². The maximum atomic E-state index is 5.95. The molecule has 0 radical (unpaired) electrons. The van der Waals surface area contributed by atoms with Gasteiger partial charge in [0.25, 0.3) is 0 Å². The highest BCUT2D eigenvalue weighted by Gasteiger charge is 2.00. The zero-order chi connectivity index (χ0) is 14.7. The summed E-state index contributed by atoms with van der Waals surface area (Å²) in [6.45, 7) is 1.99. The number of nitrogens with one attached hydrogen (secondary N) is 1. The summed E-state index contributed by atoms with van der Waals surface area (Å²) in [6, 6.07) is 22.2. The lowest BCUT2D eigenvalue weighted by Crippen LogP contribution is -1.99. The fourth-order valence-corrected chi connectivity index (χ4v) is 2.38. The number of benzene rings is 3. The summed E-state index contributed by atoms with van der Waals surface area (Å²) < 4.78 is 0. The lowest BCUT2D eigenvalue weighted by atomic mass is 10.0. The SMILES string of the molecule is C/C(=N\Nc1cccc(Cl)c1)c1ccc2ccccc2c1. The first-order valence-electron chi connectivity index (χ1n) is 6.77. The molecule has 0 saturated heterocycles. The fraction of sp³-hybridized carbons (Fsp3) is 0.0556. The van der Waals surface area contributed by atoms with Crippen LogP contribution in [0.1, 0.15) is 12.5 Å². The smallest absolute Gasteiger partial charge is 0.0648 e. The minimum atomic E-state index is 0.693. The Morgan fingerprint density at radius 2 is 1.71 bits per heavy atom. The minimum absolute atomic E-state index is 0.693. The molecule has 21 heavy (non-hydrogen) atoms. The quantitative estimate of drug-likeness (QED) is 0.512. The molecule has 0 saturated carbocycles. The Kier molecular flexibility index (Phi) is 3.89. The van der Waals surface area contributed by atoms with E-state index < -0.39 is 0 Å². The molecule has 0 aromatic heterocycles. The Morgan fingerprint density at radius 3 is 2.52 bits per heavy atom. The number of halogens is 1. The van der Waals surface area contributed by atoms with Crippen molar-refractivity contribution >= 4 is 33.8 Å². The Morgan fingerprint density at radius 1 is 0.905 bits per heavy atom. The highest BCUT2D eigenvalue weighted by molar-refractivity contribution is 6.30. The molecule has 0 fully saturated rings. The van der Waals surface area contributed by atoms with Gasteiger partial charge in [-0.05, 0) is 47.5 Å². The lowest BCUT2D eigenvalue weighted by molar-refractivity contribution is 1.32. The third-order valence-corrected chi connectivity index (χ3v) is 3.58. The van der Waals surface area contributed by atoms with Crippen molar-refractivity contribution in [3.63, 3.8) is 0 Å². The number of fused-ring (bicyclic) bond motifs is 1. The molecule has 2 nitrogen and oxygen atoms in total. The Bertz CT molecular complexity index is 809. The maximum absolute atomic E-state index is 5.95. The van der Waals surface area contributed by atoms with E-state index in [0.29, 0.717) is 5.02 Å². The van der Waals surface area contributed by atoms with Gasteiger partial charge in [0.2, 0.25) is 0 Å². The van der Waals surface area contributed by atoms with Gasteiger partial charge in [-0.1, -0.05) is 54.1 Å². The van der Waals surface area contributed by atoms with E-state index in [-0.39, 0.29) is 0 Å². The van der Waals surface area contributed by atoms with Gasteiger partial charge in [-0.2, -0.15) is 5.10 Å². The van der Waals surface area contributed by atoms with Gasteiger partial charge >= 0.3 is 0 Å². The van der Waals surface area contributed by atoms with Crippen molar-refractivity contribution in [3.8, 4) is 0 Å². The first kappa shape index (κ1) is 13.7. The van der Waals surface area contributed by atoms with Gasteiger partial charge in [0, 0.05) is 5.02 Å². The number of hydrogen-bond donors (Lipinski definition) is 1. The van der Waals surface area contributed by atoms with Gasteiger partial charge in [0.15, 0.2) is 0 Å². The van der Waals surface area contributed by atoms with Crippen LogP contribution in [0.25, 0.3) is 10.8 Å². The Hall–Kier alpha value is -2.32. The van der Waals surface area contributed by atoms with E-state index in [1.807, 2.05) is 43.3 Å². The molecule has 0 atom stereocenters. The van der Waals surface area contributed by atoms with E-state index in [2.05, 4.69) is 40.9 Å². The minimum Gasteiger partial charge on any atom is -0.278 e. The molecule has 0 amide bonds. The van der Waals surface area contributed by atoms with Crippen LogP contribution in [-0.2, 0) is 0 Å². The van der Waals surface area contributed by atoms with Crippen molar-refractivity contribution in [2.75, 3.05) is 5.43 Å². The first-order valence-corrected chi connectivity index (χ1v) is 7.15. The number of hydrazone groups is 1. The average Bonchev–Trinajstić information content (AvgIpc) is 2.52. The first-order chi connectivity index (χ1) is 10.2. The monoisotopic (exact) mass is 294 g/mol. The summed E-state index contributed by atoms with van der Waals surface area (Å²) in [5.74, 6) is 0. The number of nitrogens with zero attached hydrogens (tertiary/aromatic N) is 1. The molecule has 1 N–H and O–H groups in total. The van der Waals surface area contributed by atoms with Crippen molar-refractivity contribution in [2.45, 2.75) is 6.92 Å². The van der Waals surface area contributed by atoms with Crippen LogP contribution in [0.2, 0.25) is 5.02 Å². The topological polar surface area (TPSA) is 24.4 Å². The van der Waals surface area contributed by atoms with Crippen LogP contribution < -0.4 is 5.43 Å². The largest absolute Gasteiger partial charge is 0.278 e. The van der Waals surface area contributed by atoms with Gasteiger partial charge < -0.3 is 0 Å². The van der Waals surface area contributed by atoms with Crippen LogP contribution in [0, 0.1) is 0 Å². The van der Waals surface area contributed by atoms with Crippen LogP contribution in [0.3, 0.4) is 0 Å². The predicted octanol–water partition coefficient (Wildman–Crippen LogP) is 5.33. The molecule has 0 heterocycles. The van der Waals surface area contributed by atoms with Crippen LogP contribution in [0.4, 0.5) is 5.69 Å². The lowest BCUT2D eigenvalue weighted by Gasteiger charge is -2.05. The summed E-state index contributed by atoms with van der Waals surface area (Å²) in [5.41, 5.74) is 5.94. The summed E-state index contributed by atoms with van der Waals surface area (Å²) in [5, 5.41) is 7.56. The predicted molar refractivity (Wildman–Crippen MR) is 91.2 cm³/mol. The third kappa shape index (κ3) is 3.23. The van der Waals surface area contributed by atoms with Crippen LogP contribution >= 0.6 is 11.6 Å². The Balaban J connectivity index is 1.85. The average molecular weight is 295 g/mol. The van der Waals surface area contributed by atoms with E-state index in [1.165, 1.54) is 10.8 Å². The van der Waals surface area contributed by atoms with Crippen molar-refractivity contribution in [1.29, 1.82) is 0 Å². The number of rotatable bonds is 3. The molecule has 104 valence electrons. The van der Waals surface area contributed by atoms with Gasteiger partial charge in [0.05, 0.1) is 11.4 Å². The fourth-order valence-electron chi connectivity index (χ4n) is 2.19. The number of anilines is 1. The molecule has 0 bridgehead atoms. The molecule has 3 rings (SSSR count). The van der Waals surface area contributed by atoms with Gasteiger partial charge in [-0.3, -0.25) is 5.43 Å². The summed E-state index contributed by atoms with van der Waals surface area (Å²) >= 11 is 5.95. The molecular weight excluding hydrogens is 280 g/mol. The molecule has 3 aromatic carbocycles. The van der Waals surface area contributed by atoms with Gasteiger partial charge in [-0.15, -0.1) is 0 Å². The van der Waals surface area contributed by atoms with Crippen LogP contribution in [-0.4, -0.2) is 5.71 Å². The second-order valence-electron chi connectivity index (χ2n) is 4.88. The highest BCUT2D eigenvalue weighted by Crippen LogP contribution is 2.17. The summed E-state index contributed by atoms with van der Waals surface area (Å²) in [6.07, 6.45) is 0. The normalized spacial score (nSPS) is 11.6. The van der Waals surface area contributed by atoms with Gasteiger partial charge in [-0.25, -0.2) is 0 Å². The standard InChI is InChI=1S/C18H15ClN2/c1-13(20-21-18-8-4-7-17(19)12-18)15-10-9-14-5-2-3-6-16(14)11-15/h2-12,21H,1H3/b20-13+. The van der Waals surface area contributed by atoms with E-state index in [1.54, 1.807) is 0 Å². The molecule has 0 aliphatic heterocycles. The second kappa shape index (κ2) is 5.98. The van der Waals surface area contributed by atoms with Crippen LogP contribution in [0.15, 0.2) is 71.8 Å². The van der Waals surface area contributed by atoms with E-state index in [0.717, 1.165) is 17.0 Å². The molecular formula is C18H15ClN2. The molecule has 0 spiro atoms. The zero-order valence-electron chi connectivity index (χ0n) is 11.7. The molecule has 0 aliphatic rings. The number of hydrogen-bond acceptors (Lipinski definition) is 2. The summed E-state index contributed by atoms with van der Waals surface area (Å²) in [7, 11) is 0.